The summed E-state index contributed by atoms with van der Waals surface area (Å²) in [4.78, 5) is 11.6. The van der Waals surface area contributed by atoms with Gasteiger partial charge in [-0.3, -0.25) is 0 Å². The standard InChI is InChI=1S/C16H12O8/c1-23-6-2-10(19)14(11(20)3-6)15-13(16(21)22)7-4-8(17)9(18)5-12(7)24-15/h2-5,17-20H,1H3,(H,21,22). The highest BCUT2D eigenvalue weighted by molar-refractivity contribution is 6.09. The third-order valence-electron chi connectivity index (χ3n) is 3.53. The van der Waals surface area contributed by atoms with E-state index in [1.165, 1.54) is 19.2 Å². The molecule has 8 heteroatoms. The molecule has 0 saturated heterocycles. The van der Waals surface area contributed by atoms with Gasteiger partial charge in [-0.1, -0.05) is 0 Å². The lowest BCUT2D eigenvalue weighted by Crippen LogP contribution is -1.97. The number of carboxylic acid groups (broad SMARTS) is 1. The summed E-state index contributed by atoms with van der Waals surface area (Å²) in [5.74, 6) is -3.49. The Morgan fingerprint density at radius 2 is 1.54 bits per heavy atom. The van der Waals surface area contributed by atoms with Crippen molar-refractivity contribution in [2.45, 2.75) is 0 Å². The van der Waals surface area contributed by atoms with Crippen LogP contribution in [0.5, 0.6) is 28.7 Å². The molecule has 0 atom stereocenters. The van der Waals surface area contributed by atoms with Crippen LogP contribution >= 0.6 is 0 Å². The van der Waals surface area contributed by atoms with Gasteiger partial charge in [0.15, 0.2) is 17.3 Å². The Morgan fingerprint density at radius 3 is 2.08 bits per heavy atom. The molecule has 0 fully saturated rings. The fourth-order valence-electron chi connectivity index (χ4n) is 2.45. The van der Waals surface area contributed by atoms with Gasteiger partial charge < -0.3 is 34.7 Å². The largest absolute Gasteiger partial charge is 0.507 e. The Morgan fingerprint density at radius 1 is 0.958 bits per heavy atom. The van der Waals surface area contributed by atoms with E-state index < -0.39 is 29.0 Å². The lowest BCUT2D eigenvalue weighted by atomic mass is 10.0. The number of carboxylic acids is 1. The number of fused-ring (bicyclic) bond motifs is 1. The maximum Gasteiger partial charge on any atom is 0.340 e. The second-order valence-corrected chi connectivity index (χ2v) is 4.99. The molecule has 1 aromatic heterocycles. The van der Waals surface area contributed by atoms with Crippen LogP contribution in [0, 0.1) is 0 Å². The molecule has 3 rings (SSSR count). The van der Waals surface area contributed by atoms with Crippen molar-refractivity contribution in [3.05, 3.63) is 29.8 Å². The normalized spacial score (nSPS) is 10.9. The number of phenols is 4. The topological polar surface area (TPSA) is 141 Å². The van der Waals surface area contributed by atoms with E-state index in [2.05, 4.69) is 0 Å². The number of aromatic carboxylic acids is 1. The van der Waals surface area contributed by atoms with Crippen molar-refractivity contribution in [2.24, 2.45) is 0 Å². The van der Waals surface area contributed by atoms with Gasteiger partial charge in [0.25, 0.3) is 0 Å². The predicted molar refractivity (Wildman–Crippen MR) is 81.8 cm³/mol. The van der Waals surface area contributed by atoms with E-state index in [1.54, 1.807) is 0 Å². The highest BCUT2D eigenvalue weighted by Gasteiger charge is 2.27. The molecule has 124 valence electrons. The van der Waals surface area contributed by atoms with Crippen LogP contribution in [0.15, 0.2) is 28.7 Å². The van der Waals surface area contributed by atoms with Crippen molar-refractivity contribution in [3.63, 3.8) is 0 Å². The van der Waals surface area contributed by atoms with Gasteiger partial charge in [0, 0.05) is 23.6 Å². The van der Waals surface area contributed by atoms with Crippen LogP contribution < -0.4 is 4.74 Å². The average Bonchev–Trinajstić information content (AvgIpc) is 2.84. The Labute approximate surface area is 134 Å². The predicted octanol–water partition coefficient (Wildman–Crippen LogP) is 2.63. The SMILES string of the molecule is COc1cc(O)c(-c2oc3cc(O)c(O)cc3c2C(=O)O)c(O)c1. The third-order valence-corrected chi connectivity index (χ3v) is 3.53. The lowest BCUT2D eigenvalue weighted by molar-refractivity contribution is 0.0699. The molecule has 2 aromatic carbocycles. The summed E-state index contributed by atoms with van der Waals surface area (Å²) in [5, 5.41) is 48.8. The molecular formula is C16H12O8. The van der Waals surface area contributed by atoms with Gasteiger partial charge in [-0.15, -0.1) is 0 Å². The number of carbonyl (C=O) groups is 1. The lowest BCUT2D eigenvalue weighted by Gasteiger charge is -2.08. The van der Waals surface area contributed by atoms with Crippen molar-refractivity contribution in [2.75, 3.05) is 7.11 Å². The van der Waals surface area contributed by atoms with E-state index in [0.717, 1.165) is 12.1 Å². The van der Waals surface area contributed by atoms with Crippen LogP contribution in [0.3, 0.4) is 0 Å². The van der Waals surface area contributed by atoms with E-state index in [4.69, 9.17) is 9.15 Å². The van der Waals surface area contributed by atoms with Crippen LogP contribution in [-0.2, 0) is 0 Å². The van der Waals surface area contributed by atoms with E-state index in [0.29, 0.717) is 0 Å². The fourth-order valence-corrected chi connectivity index (χ4v) is 2.45. The molecule has 0 radical (unpaired) electrons. The minimum Gasteiger partial charge on any atom is -0.507 e. The van der Waals surface area contributed by atoms with Gasteiger partial charge in [0.05, 0.1) is 7.11 Å². The summed E-state index contributed by atoms with van der Waals surface area (Å²) in [6, 6.07) is 4.43. The van der Waals surface area contributed by atoms with Gasteiger partial charge in [-0.25, -0.2) is 4.79 Å². The molecule has 0 aliphatic carbocycles. The number of phenolic OH excluding ortho intramolecular Hbond substituents is 4. The van der Waals surface area contributed by atoms with Crippen LogP contribution in [0.1, 0.15) is 10.4 Å². The summed E-state index contributed by atoms with van der Waals surface area (Å²) < 4.78 is 10.3. The maximum absolute atomic E-state index is 11.6. The summed E-state index contributed by atoms with van der Waals surface area (Å²) in [6.45, 7) is 0. The van der Waals surface area contributed by atoms with Crippen molar-refractivity contribution < 1.29 is 39.5 Å². The Balaban J connectivity index is 2.39. The zero-order chi connectivity index (χ0) is 17.6. The molecule has 0 saturated carbocycles. The van der Waals surface area contributed by atoms with Crippen molar-refractivity contribution >= 4 is 16.9 Å². The molecule has 3 aromatic rings. The number of hydrogen-bond donors (Lipinski definition) is 5. The van der Waals surface area contributed by atoms with Crippen LogP contribution in [0.2, 0.25) is 0 Å². The number of ether oxygens (including phenoxy) is 1. The smallest absolute Gasteiger partial charge is 0.340 e. The first-order valence-corrected chi connectivity index (χ1v) is 6.65. The van der Waals surface area contributed by atoms with Crippen LogP contribution in [0.4, 0.5) is 0 Å². The molecule has 0 spiro atoms. The van der Waals surface area contributed by atoms with Gasteiger partial charge in [0.1, 0.15) is 34.0 Å². The zero-order valence-electron chi connectivity index (χ0n) is 12.3. The molecule has 24 heavy (non-hydrogen) atoms. The highest BCUT2D eigenvalue weighted by atomic mass is 16.5. The zero-order valence-corrected chi connectivity index (χ0v) is 12.3. The van der Waals surface area contributed by atoms with Crippen molar-refractivity contribution in [1.82, 2.24) is 0 Å². The van der Waals surface area contributed by atoms with Crippen molar-refractivity contribution in [3.8, 4) is 40.1 Å². The molecular weight excluding hydrogens is 320 g/mol. The second-order valence-electron chi connectivity index (χ2n) is 4.99. The first kappa shape index (κ1) is 15.3. The number of rotatable bonds is 3. The first-order valence-electron chi connectivity index (χ1n) is 6.65. The monoisotopic (exact) mass is 332 g/mol. The molecule has 5 N–H and O–H groups in total. The van der Waals surface area contributed by atoms with E-state index >= 15 is 0 Å². The van der Waals surface area contributed by atoms with E-state index in [-0.39, 0.29) is 33.6 Å². The highest BCUT2D eigenvalue weighted by Crippen LogP contribution is 2.46. The molecule has 8 nitrogen and oxygen atoms in total. The quantitative estimate of drug-likeness (QED) is 0.461. The number of aromatic hydroxyl groups is 4. The molecule has 0 amide bonds. The molecule has 0 bridgehead atoms. The fraction of sp³-hybridized carbons (Fsp3) is 0.0625. The molecule has 0 aliphatic rings. The van der Waals surface area contributed by atoms with E-state index in [9.17, 15) is 30.3 Å². The van der Waals surface area contributed by atoms with Gasteiger partial charge >= 0.3 is 5.97 Å². The van der Waals surface area contributed by atoms with Gasteiger partial charge in [-0.05, 0) is 6.07 Å². The third kappa shape index (κ3) is 2.21. The Bertz CT molecular complexity index is 947. The Kier molecular flexibility index (Phi) is 3.37. The summed E-state index contributed by atoms with van der Waals surface area (Å²) in [6.07, 6.45) is 0. The summed E-state index contributed by atoms with van der Waals surface area (Å²) in [7, 11) is 1.34. The molecule has 1 heterocycles. The van der Waals surface area contributed by atoms with Gasteiger partial charge in [-0.2, -0.15) is 0 Å². The summed E-state index contributed by atoms with van der Waals surface area (Å²) >= 11 is 0. The van der Waals surface area contributed by atoms with Gasteiger partial charge in [0.2, 0.25) is 0 Å². The average molecular weight is 332 g/mol. The maximum atomic E-state index is 11.6. The Hall–Kier alpha value is -3.55. The molecule has 0 aliphatic heterocycles. The van der Waals surface area contributed by atoms with Crippen LogP contribution in [0.25, 0.3) is 22.3 Å². The minimum absolute atomic E-state index is 0.00224. The molecule has 0 unspecified atom stereocenters. The number of furan rings is 1. The number of hydrogen-bond acceptors (Lipinski definition) is 7. The van der Waals surface area contributed by atoms with E-state index in [1.807, 2.05) is 0 Å². The minimum atomic E-state index is -1.40. The number of methoxy groups -OCH3 is 1. The number of benzene rings is 2. The van der Waals surface area contributed by atoms with Crippen molar-refractivity contribution in [1.29, 1.82) is 0 Å². The van der Waals surface area contributed by atoms with Crippen LogP contribution in [-0.4, -0.2) is 38.6 Å². The summed E-state index contributed by atoms with van der Waals surface area (Å²) in [5.41, 5.74) is -0.660. The first-order chi connectivity index (χ1) is 11.3. The second kappa shape index (κ2) is 5.27.